The zero-order chi connectivity index (χ0) is 5.61. The zero-order valence-electron chi connectivity index (χ0n) is 4.76. The summed E-state index contributed by atoms with van der Waals surface area (Å²) in [6.07, 6.45) is 2.87. The fourth-order valence-electron chi connectivity index (χ4n) is 1.51. The SMILES string of the molecule is OC1CC2(CCO2)C1. The van der Waals surface area contributed by atoms with Crippen molar-refractivity contribution in [2.75, 3.05) is 6.61 Å². The maximum absolute atomic E-state index is 8.87. The summed E-state index contributed by atoms with van der Waals surface area (Å²) in [4.78, 5) is 0. The molecule has 1 saturated heterocycles. The molecular formula is C6H10O2. The minimum atomic E-state index is -0.0599. The van der Waals surface area contributed by atoms with E-state index >= 15 is 0 Å². The van der Waals surface area contributed by atoms with Crippen LogP contribution < -0.4 is 0 Å². The third kappa shape index (κ3) is 0.446. The van der Waals surface area contributed by atoms with Gasteiger partial charge in [-0.25, -0.2) is 0 Å². The summed E-state index contributed by atoms with van der Waals surface area (Å²) < 4.78 is 5.26. The molecule has 1 N–H and O–H groups in total. The van der Waals surface area contributed by atoms with Crippen molar-refractivity contribution in [3.8, 4) is 0 Å². The fraction of sp³-hybridized carbons (Fsp3) is 1.00. The summed E-state index contributed by atoms with van der Waals surface area (Å²) in [6, 6.07) is 0. The van der Waals surface area contributed by atoms with Gasteiger partial charge in [0, 0.05) is 12.8 Å². The molecule has 0 atom stereocenters. The monoisotopic (exact) mass is 114 g/mol. The lowest BCUT2D eigenvalue weighted by molar-refractivity contribution is -0.228. The van der Waals surface area contributed by atoms with Crippen molar-refractivity contribution in [3.05, 3.63) is 0 Å². The van der Waals surface area contributed by atoms with E-state index in [2.05, 4.69) is 0 Å². The summed E-state index contributed by atoms with van der Waals surface area (Å²) in [5, 5.41) is 8.87. The number of hydrogen-bond acceptors (Lipinski definition) is 2. The van der Waals surface area contributed by atoms with Crippen LogP contribution in [0.4, 0.5) is 0 Å². The van der Waals surface area contributed by atoms with E-state index in [-0.39, 0.29) is 11.7 Å². The molecule has 0 aromatic carbocycles. The third-order valence-electron chi connectivity index (χ3n) is 2.18. The largest absolute Gasteiger partial charge is 0.393 e. The maximum Gasteiger partial charge on any atom is 0.0753 e. The number of hydrogen-bond donors (Lipinski definition) is 1. The van der Waals surface area contributed by atoms with Crippen LogP contribution in [0.25, 0.3) is 0 Å². The number of aliphatic hydroxyl groups is 1. The van der Waals surface area contributed by atoms with Gasteiger partial charge in [-0.2, -0.15) is 0 Å². The van der Waals surface area contributed by atoms with Crippen molar-refractivity contribution in [3.63, 3.8) is 0 Å². The molecular weight excluding hydrogens is 104 g/mol. The van der Waals surface area contributed by atoms with Gasteiger partial charge < -0.3 is 9.84 Å². The van der Waals surface area contributed by atoms with Gasteiger partial charge in [-0.05, 0) is 6.42 Å². The van der Waals surface area contributed by atoms with Gasteiger partial charge in [-0.3, -0.25) is 0 Å². The molecule has 1 aliphatic heterocycles. The van der Waals surface area contributed by atoms with E-state index in [1.54, 1.807) is 0 Å². The lowest BCUT2D eigenvalue weighted by Crippen LogP contribution is -2.56. The van der Waals surface area contributed by atoms with Gasteiger partial charge in [0.05, 0.1) is 18.3 Å². The Morgan fingerprint density at radius 3 is 2.25 bits per heavy atom. The molecule has 46 valence electrons. The average molecular weight is 114 g/mol. The topological polar surface area (TPSA) is 29.5 Å². The Hall–Kier alpha value is -0.0800. The molecule has 2 fully saturated rings. The van der Waals surface area contributed by atoms with Gasteiger partial charge in [0.1, 0.15) is 0 Å². The van der Waals surface area contributed by atoms with Crippen molar-refractivity contribution in [1.82, 2.24) is 0 Å². The summed E-state index contributed by atoms with van der Waals surface area (Å²) in [5.41, 5.74) is 0.166. The highest BCUT2D eigenvalue weighted by Gasteiger charge is 2.49. The van der Waals surface area contributed by atoms with Gasteiger partial charge in [-0.1, -0.05) is 0 Å². The van der Waals surface area contributed by atoms with Crippen molar-refractivity contribution in [2.24, 2.45) is 0 Å². The first kappa shape index (κ1) is 4.77. The molecule has 0 amide bonds. The standard InChI is InChI=1S/C6H10O2/c7-5-3-6(4-5)1-2-8-6/h5,7H,1-4H2. The Kier molecular flexibility index (Phi) is 0.746. The van der Waals surface area contributed by atoms with Crippen molar-refractivity contribution < 1.29 is 9.84 Å². The van der Waals surface area contributed by atoms with Crippen LogP contribution in [0.3, 0.4) is 0 Å². The normalized spacial score (nSPS) is 52.9. The van der Waals surface area contributed by atoms with Crippen LogP contribution in [-0.2, 0) is 4.74 Å². The molecule has 1 spiro atoms. The number of aliphatic hydroxyl groups excluding tert-OH is 1. The average Bonchev–Trinajstić information content (AvgIpc) is 1.51. The summed E-state index contributed by atoms with van der Waals surface area (Å²) in [6.45, 7) is 0.909. The minimum Gasteiger partial charge on any atom is -0.393 e. The second-order valence-corrected chi connectivity index (χ2v) is 2.84. The number of ether oxygens (including phenoxy) is 1. The lowest BCUT2D eigenvalue weighted by atomic mass is 9.72. The molecule has 0 aromatic rings. The highest BCUT2D eigenvalue weighted by Crippen LogP contribution is 2.44. The highest BCUT2D eigenvalue weighted by molar-refractivity contribution is 5.00. The lowest BCUT2D eigenvalue weighted by Gasteiger charge is -2.51. The second-order valence-electron chi connectivity index (χ2n) is 2.84. The molecule has 0 radical (unpaired) electrons. The van der Waals surface area contributed by atoms with E-state index in [0.717, 1.165) is 19.4 Å². The van der Waals surface area contributed by atoms with Gasteiger partial charge in [0.25, 0.3) is 0 Å². The molecule has 1 aliphatic carbocycles. The Morgan fingerprint density at radius 1 is 1.50 bits per heavy atom. The quantitative estimate of drug-likeness (QED) is 0.490. The fourth-order valence-corrected chi connectivity index (χ4v) is 1.51. The summed E-state index contributed by atoms with van der Waals surface area (Å²) in [7, 11) is 0. The first-order chi connectivity index (χ1) is 3.81. The second kappa shape index (κ2) is 1.25. The van der Waals surface area contributed by atoms with E-state index in [4.69, 9.17) is 9.84 Å². The summed E-state index contributed by atoms with van der Waals surface area (Å²) in [5.74, 6) is 0. The van der Waals surface area contributed by atoms with Gasteiger partial charge in [0.15, 0.2) is 0 Å². The van der Waals surface area contributed by atoms with E-state index in [1.165, 1.54) is 6.42 Å². The van der Waals surface area contributed by atoms with Crippen molar-refractivity contribution in [2.45, 2.75) is 31.0 Å². The van der Waals surface area contributed by atoms with Crippen molar-refractivity contribution in [1.29, 1.82) is 0 Å². The molecule has 0 unspecified atom stereocenters. The van der Waals surface area contributed by atoms with Gasteiger partial charge >= 0.3 is 0 Å². The highest BCUT2D eigenvalue weighted by atomic mass is 16.5. The van der Waals surface area contributed by atoms with Crippen molar-refractivity contribution >= 4 is 0 Å². The predicted octanol–water partition coefficient (Wildman–Crippen LogP) is 0.300. The van der Waals surface area contributed by atoms with Crippen LogP contribution >= 0.6 is 0 Å². The predicted molar refractivity (Wildman–Crippen MR) is 28.5 cm³/mol. The Bertz CT molecular complexity index is 99.1. The zero-order valence-corrected chi connectivity index (χ0v) is 4.76. The van der Waals surface area contributed by atoms with Gasteiger partial charge in [-0.15, -0.1) is 0 Å². The molecule has 0 aromatic heterocycles. The molecule has 2 nitrogen and oxygen atoms in total. The third-order valence-corrected chi connectivity index (χ3v) is 2.18. The molecule has 8 heavy (non-hydrogen) atoms. The molecule has 1 heterocycles. The number of rotatable bonds is 0. The van der Waals surface area contributed by atoms with Crippen LogP contribution in [0.5, 0.6) is 0 Å². The Morgan fingerprint density at radius 2 is 2.12 bits per heavy atom. The van der Waals surface area contributed by atoms with E-state index in [9.17, 15) is 0 Å². The molecule has 2 aliphatic rings. The van der Waals surface area contributed by atoms with Crippen LogP contribution in [0, 0.1) is 0 Å². The minimum absolute atomic E-state index is 0.0599. The Balaban J connectivity index is 1.92. The smallest absolute Gasteiger partial charge is 0.0753 e. The van der Waals surface area contributed by atoms with Gasteiger partial charge in [0.2, 0.25) is 0 Å². The Labute approximate surface area is 48.5 Å². The maximum atomic E-state index is 8.87. The molecule has 0 bridgehead atoms. The van der Waals surface area contributed by atoms with Crippen LogP contribution in [-0.4, -0.2) is 23.4 Å². The van der Waals surface area contributed by atoms with E-state index in [1.807, 2.05) is 0 Å². The first-order valence-corrected chi connectivity index (χ1v) is 3.13. The van der Waals surface area contributed by atoms with E-state index in [0.29, 0.717) is 0 Å². The van der Waals surface area contributed by atoms with Crippen LogP contribution in [0.1, 0.15) is 19.3 Å². The van der Waals surface area contributed by atoms with E-state index < -0.39 is 0 Å². The van der Waals surface area contributed by atoms with Crippen LogP contribution in [0.15, 0.2) is 0 Å². The molecule has 2 heteroatoms. The first-order valence-electron chi connectivity index (χ1n) is 3.13. The molecule has 2 rings (SSSR count). The summed E-state index contributed by atoms with van der Waals surface area (Å²) >= 11 is 0. The van der Waals surface area contributed by atoms with Crippen LogP contribution in [0.2, 0.25) is 0 Å². The molecule has 1 saturated carbocycles.